The molecule has 0 saturated carbocycles. The van der Waals surface area contributed by atoms with E-state index in [4.69, 9.17) is 13.9 Å². The van der Waals surface area contributed by atoms with Crippen LogP contribution in [0.4, 0.5) is 15.3 Å². The number of nitrogens with one attached hydrogen (secondary N) is 2. The number of ether oxygens (including phenoxy) is 2. The van der Waals surface area contributed by atoms with Crippen LogP contribution in [-0.4, -0.2) is 168 Å². The van der Waals surface area contributed by atoms with Gasteiger partial charge in [0.05, 0.1) is 18.5 Å². The number of carbonyl (C=O) groups is 5. The number of oxazole rings is 1. The number of piperazine rings is 1. The Morgan fingerprint density at radius 2 is 1.58 bits per heavy atom. The molecule has 8 rings (SSSR count). The summed E-state index contributed by atoms with van der Waals surface area (Å²) >= 11 is 0. The minimum Gasteiger partial charge on any atom is -0.466 e. The Balaban J connectivity index is 0.817. The number of likely N-dealkylation sites (tertiary alicyclic amines) is 3. The van der Waals surface area contributed by atoms with E-state index in [-0.39, 0.29) is 36.3 Å². The number of para-hydroxylation sites is 1. The second kappa shape index (κ2) is 19.7. The number of esters is 1. The topological polar surface area (TPSA) is 181 Å². The smallest absolute Gasteiger partial charge is 0.417 e. The third kappa shape index (κ3) is 10.4. The number of urea groups is 1. The van der Waals surface area contributed by atoms with Crippen LogP contribution in [0.15, 0.2) is 45.6 Å². The maximum absolute atomic E-state index is 14.3. The molecule has 334 valence electrons. The van der Waals surface area contributed by atoms with E-state index in [1.165, 1.54) is 0 Å². The van der Waals surface area contributed by atoms with Crippen LogP contribution in [0.3, 0.4) is 0 Å². The molecule has 17 heteroatoms. The van der Waals surface area contributed by atoms with Crippen molar-refractivity contribution in [2.24, 2.45) is 0 Å². The first-order valence-corrected chi connectivity index (χ1v) is 22.5. The van der Waals surface area contributed by atoms with Gasteiger partial charge in [0.15, 0.2) is 11.7 Å². The summed E-state index contributed by atoms with van der Waals surface area (Å²) in [5, 5.41) is 3.04. The van der Waals surface area contributed by atoms with Crippen molar-refractivity contribution in [3.8, 4) is 0 Å². The van der Waals surface area contributed by atoms with Crippen LogP contribution in [0.25, 0.3) is 11.1 Å². The molecule has 0 aliphatic carbocycles. The molecule has 5 aliphatic rings. The van der Waals surface area contributed by atoms with Gasteiger partial charge in [0, 0.05) is 109 Å². The van der Waals surface area contributed by atoms with E-state index in [0.717, 1.165) is 75.2 Å². The van der Waals surface area contributed by atoms with Crippen molar-refractivity contribution in [3.05, 3.63) is 63.6 Å². The Morgan fingerprint density at radius 3 is 2.34 bits per heavy atom. The number of aryl methyl sites for hydroxylation is 1. The highest BCUT2D eigenvalue weighted by molar-refractivity contribution is 5.91. The van der Waals surface area contributed by atoms with E-state index < -0.39 is 18.0 Å². The van der Waals surface area contributed by atoms with E-state index in [1.54, 1.807) is 11.0 Å². The number of hydrogen-bond acceptors (Lipinski definition) is 11. The highest BCUT2D eigenvalue weighted by atomic mass is 16.6. The van der Waals surface area contributed by atoms with Crippen molar-refractivity contribution < 1.29 is 37.9 Å². The summed E-state index contributed by atoms with van der Waals surface area (Å²) in [5.74, 6) is -0.829. The number of rotatable bonds is 13. The third-order valence-corrected chi connectivity index (χ3v) is 13.4. The second-order valence-corrected chi connectivity index (χ2v) is 17.4. The summed E-state index contributed by atoms with van der Waals surface area (Å²) in [6.07, 6.45) is 4.53. The van der Waals surface area contributed by atoms with Gasteiger partial charge in [-0.1, -0.05) is 24.3 Å². The molecule has 2 aromatic carbocycles. The number of carbonyl (C=O) groups excluding carboxylic acids is 5. The van der Waals surface area contributed by atoms with Gasteiger partial charge in [-0.25, -0.2) is 14.4 Å². The van der Waals surface area contributed by atoms with Gasteiger partial charge in [0.2, 0.25) is 5.91 Å². The Bertz CT molecular complexity index is 2150. The van der Waals surface area contributed by atoms with Gasteiger partial charge < -0.3 is 43.7 Å². The van der Waals surface area contributed by atoms with Crippen LogP contribution in [-0.2, 0) is 36.7 Å². The predicted octanol–water partition coefficient (Wildman–Crippen LogP) is 3.59. The SMILES string of the molecule is Cc1cc(C[C@@H](OC(=O)N2CCC(N3CCc4ccccc4NC3=O)CC2)C(=O)N2CCC(N3CCN(CCC(=O)OCCCN4CCCC4=O)CC3)CC2)cc2oc(=O)[nH]c12. The molecule has 0 radical (unpaired) electrons. The molecule has 0 spiro atoms. The van der Waals surface area contributed by atoms with Crippen molar-refractivity contribution >= 4 is 46.7 Å². The number of fused-ring (bicyclic) bond motifs is 2. The number of nitrogens with zero attached hydrogens (tertiary/aromatic N) is 6. The number of benzene rings is 2. The summed E-state index contributed by atoms with van der Waals surface area (Å²) in [6.45, 7) is 10.2. The second-order valence-electron chi connectivity index (χ2n) is 17.4. The van der Waals surface area contributed by atoms with Gasteiger partial charge in [0.1, 0.15) is 0 Å². The molecule has 1 atom stereocenters. The predicted molar refractivity (Wildman–Crippen MR) is 230 cm³/mol. The molecule has 0 bridgehead atoms. The number of anilines is 1. The molecule has 2 N–H and O–H groups in total. The van der Waals surface area contributed by atoms with Crippen LogP contribution in [0, 0.1) is 6.92 Å². The van der Waals surface area contributed by atoms with E-state index in [2.05, 4.69) is 20.1 Å². The molecule has 4 fully saturated rings. The lowest BCUT2D eigenvalue weighted by atomic mass is 9.99. The highest BCUT2D eigenvalue weighted by Gasteiger charge is 2.37. The fourth-order valence-corrected chi connectivity index (χ4v) is 9.81. The standard InChI is InChI=1S/C45H60N8O9/c1-31-28-32(29-37-41(31)47-44(58)61-37)30-38(62-45(59)52-20-12-35(13-21-52)53-22-9-33-6-2-3-7-36(33)46-43(53)57)42(56)51-18-10-34(11-19-51)49-25-23-48(24-26-49)17-14-40(55)60-27-5-16-50-15-4-8-39(50)54/h2-3,6-7,28-29,34-35,38H,4-5,8-27,30H2,1H3,(H,46,57)(H,47,58)/t38-/m1/s1. The largest absolute Gasteiger partial charge is 0.466 e. The molecular formula is C45H60N8O9. The number of amides is 5. The fraction of sp³-hybridized carbons (Fsp3) is 0.600. The van der Waals surface area contributed by atoms with Crippen molar-refractivity contribution in [1.29, 1.82) is 0 Å². The van der Waals surface area contributed by atoms with E-state index in [0.29, 0.717) is 107 Å². The Morgan fingerprint density at radius 1 is 0.839 bits per heavy atom. The van der Waals surface area contributed by atoms with Gasteiger partial charge in [-0.05, 0) is 80.7 Å². The van der Waals surface area contributed by atoms with E-state index in [1.807, 2.05) is 52.0 Å². The maximum atomic E-state index is 14.3. The van der Waals surface area contributed by atoms with Gasteiger partial charge in [-0.3, -0.25) is 24.3 Å². The third-order valence-electron chi connectivity index (χ3n) is 13.4. The van der Waals surface area contributed by atoms with Gasteiger partial charge >= 0.3 is 23.8 Å². The zero-order valence-corrected chi connectivity index (χ0v) is 35.8. The molecule has 62 heavy (non-hydrogen) atoms. The first kappa shape index (κ1) is 43.2. The lowest BCUT2D eigenvalue weighted by Crippen LogP contribution is -2.55. The quantitative estimate of drug-likeness (QED) is 0.190. The summed E-state index contributed by atoms with van der Waals surface area (Å²) < 4.78 is 16.9. The number of H-pyrrole nitrogens is 1. The van der Waals surface area contributed by atoms with Crippen LogP contribution in [0.2, 0.25) is 0 Å². The molecule has 6 heterocycles. The molecule has 1 aromatic heterocycles. The van der Waals surface area contributed by atoms with Crippen molar-refractivity contribution in [2.45, 2.75) is 89.3 Å². The zero-order valence-electron chi connectivity index (χ0n) is 35.8. The minimum absolute atomic E-state index is 0.0283. The lowest BCUT2D eigenvalue weighted by Gasteiger charge is -2.43. The lowest BCUT2D eigenvalue weighted by molar-refractivity contribution is -0.144. The molecule has 5 aliphatic heterocycles. The molecule has 5 amide bonds. The molecule has 17 nitrogen and oxygen atoms in total. The number of hydrogen-bond donors (Lipinski definition) is 2. The summed E-state index contributed by atoms with van der Waals surface area (Å²) in [4.78, 5) is 92.1. The molecule has 0 unspecified atom stereocenters. The van der Waals surface area contributed by atoms with Gasteiger partial charge in [0.25, 0.3) is 5.91 Å². The first-order valence-electron chi connectivity index (χ1n) is 22.5. The van der Waals surface area contributed by atoms with E-state index >= 15 is 0 Å². The molecule has 3 aromatic rings. The van der Waals surface area contributed by atoms with Crippen molar-refractivity contribution in [3.63, 3.8) is 0 Å². The van der Waals surface area contributed by atoms with Gasteiger partial charge in [-0.15, -0.1) is 0 Å². The monoisotopic (exact) mass is 856 g/mol. The first-order chi connectivity index (χ1) is 30.1. The Hall–Kier alpha value is -5.42. The number of aromatic amines is 1. The number of aromatic nitrogens is 1. The maximum Gasteiger partial charge on any atom is 0.417 e. The van der Waals surface area contributed by atoms with Crippen LogP contribution in [0.1, 0.15) is 68.1 Å². The average molecular weight is 857 g/mol. The summed E-state index contributed by atoms with van der Waals surface area (Å²) in [7, 11) is 0. The fourth-order valence-electron chi connectivity index (χ4n) is 9.81. The molecule has 4 saturated heterocycles. The van der Waals surface area contributed by atoms with E-state index in [9.17, 15) is 28.8 Å². The number of piperidine rings is 2. The normalized spacial score (nSPS) is 20.3. The van der Waals surface area contributed by atoms with Crippen LogP contribution in [0.5, 0.6) is 0 Å². The van der Waals surface area contributed by atoms with Crippen molar-refractivity contribution in [1.82, 2.24) is 34.4 Å². The zero-order chi connectivity index (χ0) is 43.2. The van der Waals surface area contributed by atoms with Crippen LogP contribution < -0.4 is 11.1 Å². The minimum atomic E-state index is -1.08. The van der Waals surface area contributed by atoms with Gasteiger partial charge in [-0.2, -0.15) is 0 Å². The highest BCUT2D eigenvalue weighted by Crippen LogP contribution is 2.27. The molecular weight excluding hydrogens is 797 g/mol. The van der Waals surface area contributed by atoms with Crippen LogP contribution >= 0.6 is 0 Å². The Kier molecular flexibility index (Phi) is 13.8. The Labute approximate surface area is 361 Å². The van der Waals surface area contributed by atoms with Crippen molar-refractivity contribution in [2.75, 3.05) is 90.5 Å². The summed E-state index contributed by atoms with van der Waals surface area (Å²) in [6, 6.07) is 11.6. The summed E-state index contributed by atoms with van der Waals surface area (Å²) in [5.41, 5.74) is 4.41. The average Bonchev–Trinajstić information content (AvgIpc) is 3.83.